The molecule has 7 rings (SSSR count). The predicted molar refractivity (Wildman–Crippen MR) is 166 cm³/mol. The molecule has 5 aliphatic heterocycles. The molecule has 1 fully saturated rings. The third kappa shape index (κ3) is 4.50. The number of ketones is 1. The molecule has 0 radical (unpaired) electrons. The summed E-state index contributed by atoms with van der Waals surface area (Å²) in [6.07, 6.45) is 0.742. The van der Waals surface area contributed by atoms with Crippen molar-refractivity contribution >= 4 is 29.5 Å². The number of nitrogens with zero attached hydrogens (tertiary/aromatic N) is 2. The number of fused-ring (bicyclic) bond motifs is 9. The van der Waals surface area contributed by atoms with Crippen molar-refractivity contribution in [1.29, 1.82) is 0 Å². The Kier molecular flexibility index (Phi) is 7.70. The summed E-state index contributed by atoms with van der Waals surface area (Å²) in [6.45, 7) is 9.71. The van der Waals surface area contributed by atoms with E-state index in [4.69, 9.17) is 33.2 Å². The highest BCUT2D eigenvalue weighted by molar-refractivity contribution is 8.04. The maximum atomic E-state index is 13.2. The number of ether oxygens (including phenoxy) is 7. The van der Waals surface area contributed by atoms with Crippen LogP contribution in [0.3, 0.4) is 0 Å². The molecule has 5 heterocycles. The molecule has 3 unspecified atom stereocenters. The van der Waals surface area contributed by atoms with Crippen LogP contribution in [0, 0.1) is 13.8 Å². The molecule has 0 aromatic heterocycles. The minimum Gasteiger partial charge on any atom is -0.493 e. The predicted octanol–water partition coefficient (Wildman–Crippen LogP) is 3.70. The molecular weight excluding hydrogens is 616 g/mol. The molecule has 4 bridgehead atoms. The van der Waals surface area contributed by atoms with Crippen molar-refractivity contribution in [2.75, 3.05) is 48.0 Å². The number of cyclic esters (lactones) is 1. The second-order valence-electron chi connectivity index (χ2n) is 12.2. The summed E-state index contributed by atoms with van der Waals surface area (Å²) in [4.78, 5) is 43.4. The molecule has 2 aromatic rings. The molecule has 1 saturated heterocycles. The lowest BCUT2D eigenvalue weighted by Gasteiger charge is -2.60. The topological polar surface area (TPSA) is 122 Å². The van der Waals surface area contributed by atoms with Gasteiger partial charge < -0.3 is 33.2 Å². The van der Waals surface area contributed by atoms with Crippen LogP contribution in [0.5, 0.6) is 28.7 Å². The van der Waals surface area contributed by atoms with Crippen LogP contribution in [0.2, 0.25) is 0 Å². The first-order valence-corrected chi connectivity index (χ1v) is 16.0. The number of thioether (sulfide) groups is 1. The van der Waals surface area contributed by atoms with Gasteiger partial charge in [0.15, 0.2) is 29.8 Å². The molecule has 2 aromatic carbocycles. The molecule has 12 nitrogen and oxygen atoms in total. The first-order chi connectivity index (χ1) is 22.1. The Bertz CT molecular complexity index is 1690. The number of esters is 2. The van der Waals surface area contributed by atoms with E-state index in [1.807, 2.05) is 13.8 Å². The number of Topliss-reactive ketones (excluding diaryl/α,β-unsaturated/α-hetero) is 1. The summed E-state index contributed by atoms with van der Waals surface area (Å²) >= 11 is 1.18. The van der Waals surface area contributed by atoms with Gasteiger partial charge in [0, 0.05) is 54.9 Å². The quantitative estimate of drug-likeness (QED) is 0.154. The minimum atomic E-state index is -0.959. The van der Waals surface area contributed by atoms with Crippen LogP contribution in [0.4, 0.5) is 0 Å². The average molecular weight is 653 g/mol. The number of aryl methyl sites for hydroxylation is 1. The van der Waals surface area contributed by atoms with Gasteiger partial charge in [0.05, 0.1) is 29.3 Å². The van der Waals surface area contributed by atoms with Gasteiger partial charge in [-0.3, -0.25) is 19.4 Å². The molecule has 0 N–H and O–H groups in total. The highest BCUT2D eigenvalue weighted by atomic mass is 32.2. The van der Waals surface area contributed by atoms with Crippen molar-refractivity contribution in [1.82, 2.24) is 9.80 Å². The lowest BCUT2D eigenvalue weighted by molar-refractivity contribution is -0.155. The number of hydrogen-bond donors (Lipinski definition) is 0. The zero-order chi connectivity index (χ0) is 32.6. The van der Waals surface area contributed by atoms with Gasteiger partial charge in [0.2, 0.25) is 6.79 Å². The standard InChI is InChI=1S/C33H36N2O10S/c1-14-8-18-9-19-10-35-20-11-41-33(38)26(37)16(3)46-32(23-22(20)31-29(43-13-44-31)15(2)28(23)45-17(4)36)25(35)24(34(19)5)21(18)30(27(14)40-7)42-12-39-6/h8,19-20,24-25,32H,3,9-13H2,1-2,4-7H3/t19-,20?,24?,25?,32+/m0/s1. The van der Waals surface area contributed by atoms with Gasteiger partial charge in [-0.2, -0.15) is 0 Å². The van der Waals surface area contributed by atoms with Crippen molar-refractivity contribution in [3.63, 3.8) is 0 Å². The lowest BCUT2D eigenvalue weighted by atomic mass is 9.73. The van der Waals surface area contributed by atoms with Crippen LogP contribution in [0.15, 0.2) is 17.6 Å². The van der Waals surface area contributed by atoms with Gasteiger partial charge in [-0.05, 0) is 38.4 Å². The fourth-order valence-corrected chi connectivity index (χ4v) is 9.19. The zero-order valence-corrected chi connectivity index (χ0v) is 27.4. The maximum Gasteiger partial charge on any atom is 0.380 e. The lowest BCUT2D eigenvalue weighted by Crippen LogP contribution is -2.65. The number of likely N-dealkylation sites (N-methyl/N-ethyl adjacent to an activating group) is 1. The number of piperazine rings is 1. The highest BCUT2D eigenvalue weighted by Gasteiger charge is 2.57. The number of methoxy groups -OCH3 is 2. The second kappa shape index (κ2) is 11.5. The fourth-order valence-electron chi connectivity index (χ4n) is 7.89. The van der Waals surface area contributed by atoms with Crippen molar-refractivity contribution in [2.45, 2.75) is 56.6 Å². The number of carbonyl (C=O) groups excluding carboxylic acids is 3. The van der Waals surface area contributed by atoms with Gasteiger partial charge >= 0.3 is 11.9 Å². The molecular formula is C33H36N2O10S. The van der Waals surface area contributed by atoms with Gasteiger partial charge in [-0.25, -0.2) is 4.79 Å². The Hall–Kier alpha value is -3.78. The third-order valence-corrected chi connectivity index (χ3v) is 10.9. The molecule has 0 saturated carbocycles. The van der Waals surface area contributed by atoms with Crippen molar-refractivity contribution in [2.24, 2.45) is 0 Å². The zero-order valence-electron chi connectivity index (χ0n) is 26.6. The summed E-state index contributed by atoms with van der Waals surface area (Å²) in [5.41, 5.74) is 5.07. The molecule has 244 valence electrons. The van der Waals surface area contributed by atoms with E-state index in [0.29, 0.717) is 46.4 Å². The van der Waals surface area contributed by atoms with Crippen LogP contribution in [-0.4, -0.2) is 87.6 Å². The van der Waals surface area contributed by atoms with Crippen molar-refractivity contribution in [3.8, 4) is 28.7 Å². The SMILES string of the molecule is C=C1S[C@@H]2c3c(OC(C)=O)c(C)c4c(c3C(COC(=O)C1=O)N1C[C@@H]3Cc5cc(C)c(OC)c(OCOC)c5C(C21)N3C)OCO4. The summed E-state index contributed by atoms with van der Waals surface area (Å²) in [5.74, 6) is 0.305. The summed E-state index contributed by atoms with van der Waals surface area (Å²) in [7, 11) is 5.29. The first-order valence-electron chi connectivity index (χ1n) is 15.1. The molecule has 5 aliphatic rings. The Morgan fingerprint density at radius 2 is 1.83 bits per heavy atom. The van der Waals surface area contributed by atoms with E-state index in [9.17, 15) is 14.4 Å². The Morgan fingerprint density at radius 1 is 1.07 bits per heavy atom. The summed E-state index contributed by atoms with van der Waals surface area (Å²) in [6, 6.07) is 1.09. The Balaban J connectivity index is 1.54. The number of benzene rings is 2. The summed E-state index contributed by atoms with van der Waals surface area (Å²) < 4.78 is 41.2. The Morgan fingerprint density at radius 3 is 2.54 bits per heavy atom. The molecule has 0 spiro atoms. The summed E-state index contributed by atoms with van der Waals surface area (Å²) in [5, 5.41) is -0.543. The van der Waals surface area contributed by atoms with E-state index in [1.165, 1.54) is 18.7 Å². The largest absolute Gasteiger partial charge is 0.493 e. The normalized spacial score (nSPS) is 26.6. The smallest absolute Gasteiger partial charge is 0.380 e. The number of rotatable bonds is 5. The highest BCUT2D eigenvalue weighted by Crippen LogP contribution is 2.63. The van der Waals surface area contributed by atoms with E-state index >= 15 is 0 Å². The van der Waals surface area contributed by atoms with Gasteiger partial charge in [0.1, 0.15) is 12.4 Å². The molecule has 13 heteroatoms. The van der Waals surface area contributed by atoms with Crippen LogP contribution in [0.1, 0.15) is 57.6 Å². The van der Waals surface area contributed by atoms with E-state index < -0.39 is 29.0 Å². The Labute approximate surface area is 270 Å². The van der Waals surface area contributed by atoms with E-state index in [2.05, 4.69) is 29.5 Å². The molecule has 5 atom stereocenters. The van der Waals surface area contributed by atoms with Crippen LogP contribution < -0.4 is 23.7 Å². The monoisotopic (exact) mass is 652 g/mol. The van der Waals surface area contributed by atoms with E-state index in [0.717, 1.165) is 28.7 Å². The second-order valence-corrected chi connectivity index (χ2v) is 13.4. The van der Waals surface area contributed by atoms with Crippen molar-refractivity contribution in [3.05, 3.63) is 50.9 Å². The number of hydrogen-bond acceptors (Lipinski definition) is 13. The first kappa shape index (κ1) is 30.9. The molecule has 0 amide bonds. The van der Waals surface area contributed by atoms with Gasteiger partial charge in [0.25, 0.3) is 5.78 Å². The third-order valence-electron chi connectivity index (χ3n) is 9.69. The maximum absolute atomic E-state index is 13.2. The van der Waals surface area contributed by atoms with Crippen LogP contribution in [0.25, 0.3) is 0 Å². The van der Waals surface area contributed by atoms with E-state index in [1.54, 1.807) is 14.2 Å². The average Bonchev–Trinajstić information content (AvgIpc) is 3.50. The molecule has 0 aliphatic carbocycles. The van der Waals surface area contributed by atoms with E-state index in [-0.39, 0.29) is 43.2 Å². The minimum absolute atomic E-state index is 0.00815. The van der Waals surface area contributed by atoms with Gasteiger partial charge in [-0.15, -0.1) is 11.8 Å². The van der Waals surface area contributed by atoms with Crippen LogP contribution >= 0.6 is 11.8 Å². The fraction of sp³-hybridized carbons (Fsp3) is 0.485. The number of carbonyl (C=O) groups is 3. The van der Waals surface area contributed by atoms with Crippen LogP contribution in [-0.2, 0) is 30.3 Å². The molecule has 46 heavy (non-hydrogen) atoms. The van der Waals surface area contributed by atoms with Crippen molar-refractivity contribution < 1.29 is 47.5 Å². The van der Waals surface area contributed by atoms with Gasteiger partial charge in [-0.1, -0.05) is 12.6 Å².